The summed E-state index contributed by atoms with van der Waals surface area (Å²) in [6.45, 7) is 7.61. The van der Waals surface area contributed by atoms with Gasteiger partial charge in [0.25, 0.3) is 0 Å². The fourth-order valence-electron chi connectivity index (χ4n) is 3.26. The van der Waals surface area contributed by atoms with Crippen molar-refractivity contribution in [1.29, 1.82) is 0 Å². The minimum atomic E-state index is -0.0660. The summed E-state index contributed by atoms with van der Waals surface area (Å²) in [7, 11) is 0. The van der Waals surface area contributed by atoms with E-state index in [1.54, 1.807) is 11.3 Å². The summed E-state index contributed by atoms with van der Waals surface area (Å²) >= 11 is 1.72. The summed E-state index contributed by atoms with van der Waals surface area (Å²) in [6.07, 6.45) is 0. The maximum Gasteiger partial charge on any atom is 0.321 e. The van der Waals surface area contributed by atoms with Crippen LogP contribution in [0.2, 0.25) is 0 Å². The lowest BCUT2D eigenvalue weighted by Gasteiger charge is -2.34. The highest BCUT2D eigenvalue weighted by atomic mass is 32.1. The number of benzene rings is 2. The Balaban J connectivity index is 1.34. The van der Waals surface area contributed by atoms with E-state index in [0.29, 0.717) is 19.7 Å². The van der Waals surface area contributed by atoms with Gasteiger partial charge in [0.05, 0.1) is 16.8 Å². The number of rotatable bonds is 4. The third-order valence-electron chi connectivity index (χ3n) is 4.79. The Morgan fingerprint density at radius 1 is 1.14 bits per heavy atom. The van der Waals surface area contributed by atoms with Crippen LogP contribution in [0.25, 0.3) is 10.2 Å². The molecule has 1 fully saturated rings. The zero-order valence-corrected chi connectivity index (χ0v) is 17.0. The number of aromatic nitrogens is 1. The van der Waals surface area contributed by atoms with Crippen molar-refractivity contribution >= 4 is 38.4 Å². The number of thiazole rings is 1. The average Bonchev–Trinajstić information content (AvgIpc) is 3.13. The van der Waals surface area contributed by atoms with E-state index in [-0.39, 0.29) is 6.03 Å². The van der Waals surface area contributed by atoms with E-state index in [9.17, 15) is 4.79 Å². The number of hydrogen-bond donors (Lipinski definition) is 1. The number of urea groups is 1. The molecule has 146 valence electrons. The van der Waals surface area contributed by atoms with E-state index in [0.717, 1.165) is 35.2 Å². The lowest BCUT2D eigenvalue weighted by molar-refractivity contribution is 0.208. The van der Waals surface area contributed by atoms with Crippen LogP contribution in [0.1, 0.15) is 12.5 Å². The van der Waals surface area contributed by atoms with Crippen LogP contribution in [0.3, 0.4) is 0 Å². The first-order chi connectivity index (χ1) is 13.6. The summed E-state index contributed by atoms with van der Waals surface area (Å²) in [5.41, 5.74) is 3.07. The largest absolute Gasteiger partial charge is 0.494 e. The van der Waals surface area contributed by atoms with Crippen LogP contribution in [-0.4, -0.2) is 48.7 Å². The molecule has 6 nitrogen and oxygen atoms in total. The zero-order chi connectivity index (χ0) is 19.5. The van der Waals surface area contributed by atoms with Crippen molar-refractivity contribution in [2.45, 2.75) is 13.8 Å². The number of nitrogens with one attached hydrogen (secondary N) is 1. The van der Waals surface area contributed by atoms with E-state index < -0.39 is 0 Å². The van der Waals surface area contributed by atoms with Crippen molar-refractivity contribution < 1.29 is 9.53 Å². The van der Waals surface area contributed by atoms with Crippen LogP contribution in [0, 0.1) is 6.92 Å². The first kappa shape index (κ1) is 18.6. The molecule has 2 amide bonds. The Labute approximate surface area is 168 Å². The molecule has 1 saturated heterocycles. The number of amides is 2. The second kappa shape index (κ2) is 8.06. The Kier molecular flexibility index (Phi) is 5.34. The molecule has 28 heavy (non-hydrogen) atoms. The number of aryl methyl sites for hydroxylation is 1. The predicted octanol–water partition coefficient (Wildman–Crippen LogP) is 4.36. The molecule has 0 unspecified atom stereocenters. The molecule has 0 saturated carbocycles. The van der Waals surface area contributed by atoms with Crippen molar-refractivity contribution in [2.75, 3.05) is 43.0 Å². The van der Waals surface area contributed by atoms with Gasteiger partial charge < -0.3 is 19.9 Å². The second-order valence-corrected chi connectivity index (χ2v) is 7.84. The Morgan fingerprint density at radius 3 is 2.61 bits per heavy atom. The molecule has 0 spiro atoms. The Hall–Kier alpha value is -2.80. The zero-order valence-electron chi connectivity index (χ0n) is 16.1. The quantitative estimate of drug-likeness (QED) is 0.712. The highest BCUT2D eigenvalue weighted by molar-refractivity contribution is 7.22. The van der Waals surface area contributed by atoms with Gasteiger partial charge in [0.1, 0.15) is 5.75 Å². The summed E-state index contributed by atoms with van der Waals surface area (Å²) in [4.78, 5) is 21.4. The summed E-state index contributed by atoms with van der Waals surface area (Å²) in [5, 5.41) is 4.00. The number of anilines is 2. The number of fused-ring (bicyclic) bond motifs is 1. The number of ether oxygens (including phenoxy) is 1. The van der Waals surface area contributed by atoms with Gasteiger partial charge >= 0.3 is 6.03 Å². The highest BCUT2D eigenvalue weighted by Crippen LogP contribution is 2.30. The van der Waals surface area contributed by atoms with Gasteiger partial charge in [0, 0.05) is 31.9 Å². The third-order valence-corrected chi connectivity index (χ3v) is 5.87. The van der Waals surface area contributed by atoms with E-state index in [1.807, 2.05) is 36.1 Å². The predicted molar refractivity (Wildman–Crippen MR) is 115 cm³/mol. The molecule has 0 atom stereocenters. The third kappa shape index (κ3) is 4.04. The van der Waals surface area contributed by atoms with Crippen LogP contribution in [0.15, 0.2) is 42.5 Å². The summed E-state index contributed by atoms with van der Waals surface area (Å²) < 4.78 is 6.64. The molecule has 0 aliphatic carbocycles. The van der Waals surface area contributed by atoms with Crippen molar-refractivity contribution in [3.8, 4) is 5.75 Å². The second-order valence-electron chi connectivity index (χ2n) is 6.83. The van der Waals surface area contributed by atoms with Gasteiger partial charge in [-0.25, -0.2) is 9.78 Å². The van der Waals surface area contributed by atoms with Gasteiger partial charge in [0.15, 0.2) is 5.13 Å². The molecule has 3 aromatic rings. The van der Waals surface area contributed by atoms with Crippen molar-refractivity contribution in [3.05, 3.63) is 48.0 Å². The number of carbonyl (C=O) groups is 1. The lowest BCUT2D eigenvalue weighted by atomic mass is 10.2. The van der Waals surface area contributed by atoms with Crippen LogP contribution in [0.4, 0.5) is 15.6 Å². The average molecular weight is 397 g/mol. The van der Waals surface area contributed by atoms with Gasteiger partial charge in [0.2, 0.25) is 0 Å². The first-order valence-corrected chi connectivity index (χ1v) is 10.3. The maximum absolute atomic E-state index is 12.6. The molecule has 0 radical (unpaired) electrons. The fraction of sp³-hybridized carbons (Fsp3) is 0.333. The van der Waals surface area contributed by atoms with Gasteiger partial charge in [-0.2, -0.15) is 0 Å². The van der Waals surface area contributed by atoms with Crippen LogP contribution >= 0.6 is 11.3 Å². The van der Waals surface area contributed by atoms with E-state index in [2.05, 4.69) is 35.3 Å². The molecule has 1 aliphatic rings. The van der Waals surface area contributed by atoms with Gasteiger partial charge in [-0.3, -0.25) is 0 Å². The van der Waals surface area contributed by atoms with E-state index in [4.69, 9.17) is 9.72 Å². The van der Waals surface area contributed by atoms with Gasteiger partial charge in [-0.05, 0) is 55.8 Å². The molecule has 4 rings (SSSR count). The SMILES string of the molecule is CCOc1ccc(NC(=O)N2CCN(c3nc4ccc(C)cc4s3)CC2)cc1. The number of hydrogen-bond acceptors (Lipinski definition) is 5. The normalized spacial score (nSPS) is 14.4. The lowest BCUT2D eigenvalue weighted by Crippen LogP contribution is -2.50. The van der Waals surface area contributed by atoms with Crippen molar-refractivity contribution in [1.82, 2.24) is 9.88 Å². The minimum absolute atomic E-state index is 0.0660. The number of carbonyl (C=O) groups excluding carboxylic acids is 1. The minimum Gasteiger partial charge on any atom is -0.494 e. The molecule has 7 heteroatoms. The number of nitrogens with zero attached hydrogens (tertiary/aromatic N) is 3. The van der Waals surface area contributed by atoms with Gasteiger partial charge in [-0.15, -0.1) is 0 Å². The molecule has 1 aromatic heterocycles. The topological polar surface area (TPSA) is 57.7 Å². The van der Waals surface area contributed by atoms with E-state index >= 15 is 0 Å². The van der Waals surface area contributed by atoms with Crippen LogP contribution in [-0.2, 0) is 0 Å². The molecule has 0 bridgehead atoms. The molecule has 1 N–H and O–H groups in total. The van der Waals surface area contributed by atoms with Crippen molar-refractivity contribution in [3.63, 3.8) is 0 Å². The molecule has 2 aromatic carbocycles. The fourth-order valence-corrected chi connectivity index (χ4v) is 4.37. The Bertz CT molecular complexity index is 962. The maximum atomic E-state index is 12.6. The number of piperazine rings is 1. The molecular formula is C21H24N4O2S. The van der Waals surface area contributed by atoms with E-state index in [1.165, 1.54) is 10.3 Å². The molecule has 1 aliphatic heterocycles. The van der Waals surface area contributed by atoms with Gasteiger partial charge in [-0.1, -0.05) is 17.4 Å². The smallest absolute Gasteiger partial charge is 0.321 e. The Morgan fingerprint density at radius 2 is 1.89 bits per heavy atom. The molecular weight excluding hydrogens is 372 g/mol. The van der Waals surface area contributed by atoms with Crippen LogP contribution < -0.4 is 15.0 Å². The summed E-state index contributed by atoms with van der Waals surface area (Å²) in [6, 6.07) is 13.7. The molecule has 2 heterocycles. The van der Waals surface area contributed by atoms with Crippen molar-refractivity contribution in [2.24, 2.45) is 0 Å². The standard InChI is InChI=1S/C21H24N4O2S/c1-3-27-17-7-5-16(6-8-17)22-20(26)24-10-12-25(13-11-24)21-23-18-9-4-15(2)14-19(18)28-21/h4-9,14H,3,10-13H2,1-2H3,(H,22,26). The highest BCUT2D eigenvalue weighted by Gasteiger charge is 2.23. The summed E-state index contributed by atoms with van der Waals surface area (Å²) in [5.74, 6) is 0.806. The first-order valence-electron chi connectivity index (χ1n) is 9.53. The van der Waals surface area contributed by atoms with Crippen LogP contribution in [0.5, 0.6) is 5.75 Å². The monoisotopic (exact) mass is 396 g/mol.